The molecule has 90 valence electrons. The fourth-order valence-electron chi connectivity index (χ4n) is 1.03. The molecule has 0 spiro atoms. The van der Waals surface area contributed by atoms with Crippen LogP contribution in [-0.4, -0.2) is 44.1 Å². The molecule has 1 aromatic rings. The van der Waals surface area contributed by atoms with Crippen LogP contribution in [-0.2, 0) is 10.0 Å². The summed E-state index contributed by atoms with van der Waals surface area (Å²) in [6, 6.07) is 3.32. The van der Waals surface area contributed by atoms with E-state index in [1.54, 1.807) is 18.3 Å². The van der Waals surface area contributed by atoms with Crippen LogP contribution in [0.4, 0.5) is 11.5 Å². The number of nitrogens with two attached hydrogens (primary N) is 1. The Morgan fingerprint density at radius 2 is 2.19 bits per heavy atom. The van der Waals surface area contributed by atoms with E-state index >= 15 is 0 Å². The Balaban J connectivity index is 2.48. The zero-order valence-corrected chi connectivity index (χ0v) is 10.2. The minimum absolute atomic E-state index is 0.0243. The van der Waals surface area contributed by atoms with E-state index in [1.165, 1.54) is 18.4 Å². The van der Waals surface area contributed by atoms with Crippen LogP contribution < -0.4 is 11.1 Å². The van der Waals surface area contributed by atoms with Crippen LogP contribution in [0.2, 0.25) is 0 Å². The molecule has 1 rings (SSSR count). The number of nitrogens with one attached hydrogen (secondary N) is 1. The second kappa shape index (κ2) is 5.13. The SMILES string of the molecule is CN(C)S(=O)(=O)CCNc1cc(N)ccn1. The van der Waals surface area contributed by atoms with Crippen molar-refractivity contribution in [3.05, 3.63) is 18.3 Å². The van der Waals surface area contributed by atoms with Crippen molar-refractivity contribution in [1.29, 1.82) is 0 Å². The Labute approximate surface area is 95.5 Å². The van der Waals surface area contributed by atoms with Crippen LogP contribution in [0.1, 0.15) is 0 Å². The van der Waals surface area contributed by atoms with Crippen LogP contribution >= 0.6 is 0 Å². The smallest absolute Gasteiger partial charge is 0.215 e. The first-order valence-corrected chi connectivity index (χ1v) is 6.38. The van der Waals surface area contributed by atoms with E-state index in [2.05, 4.69) is 10.3 Å². The van der Waals surface area contributed by atoms with Gasteiger partial charge >= 0.3 is 0 Å². The van der Waals surface area contributed by atoms with Gasteiger partial charge in [0.2, 0.25) is 10.0 Å². The van der Waals surface area contributed by atoms with Crippen LogP contribution in [0.25, 0.3) is 0 Å². The lowest BCUT2D eigenvalue weighted by Crippen LogP contribution is -2.28. The molecule has 0 fully saturated rings. The predicted octanol–water partition coefficient (Wildman–Crippen LogP) is -0.0329. The number of hydrogen-bond acceptors (Lipinski definition) is 5. The number of rotatable bonds is 5. The number of nitrogen functional groups attached to an aromatic ring is 1. The molecule has 0 atom stereocenters. The molecular formula is C9H16N4O2S. The summed E-state index contributed by atoms with van der Waals surface area (Å²) in [5.41, 5.74) is 6.15. The molecule has 0 bridgehead atoms. The molecule has 1 heterocycles. The summed E-state index contributed by atoms with van der Waals surface area (Å²) in [4.78, 5) is 4.00. The van der Waals surface area contributed by atoms with Crippen molar-refractivity contribution >= 4 is 21.5 Å². The molecule has 0 saturated heterocycles. The topological polar surface area (TPSA) is 88.3 Å². The normalized spacial score (nSPS) is 11.7. The summed E-state index contributed by atoms with van der Waals surface area (Å²) >= 11 is 0. The third-order valence-electron chi connectivity index (χ3n) is 2.01. The highest BCUT2D eigenvalue weighted by molar-refractivity contribution is 7.89. The molecule has 16 heavy (non-hydrogen) atoms. The van der Waals surface area contributed by atoms with Gasteiger partial charge in [-0.1, -0.05) is 0 Å². The summed E-state index contributed by atoms with van der Waals surface area (Å²) in [6.45, 7) is 0.303. The summed E-state index contributed by atoms with van der Waals surface area (Å²) in [6.07, 6.45) is 1.57. The molecule has 3 N–H and O–H groups in total. The van der Waals surface area contributed by atoms with Crippen molar-refractivity contribution in [1.82, 2.24) is 9.29 Å². The molecule has 0 aliphatic carbocycles. The number of sulfonamides is 1. The second-order valence-electron chi connectivity index (χ2n) is 3.50. The van der Waals surface area contributed by atoms with Crippen LogP contribution in [0.15, 0.2) is 18.3 Å². The van der Waals surface area contributed by atoms with Crippen molar-refractivity contribution in [2.24, 2.45) is 0 Å². The first-order valence-electron chi connectivity index (χ1n) is 4.77. The standard InChI is InChI=1S/C9H16N4O2S/c1-13(2)16(14,15)6-5-12-9-7-8(10)3-4-11-9/h3-4,7H,5-6H2,1-2H3,(H3,10,11,12). The first-order chi connectivity index (χ1) is 7.42. The Morgan fingerprint density at radius 1 is 1.50 bits per heavy atom. The molecule has 0 aliphatic rings. The van der Waals surface area contributed by atoms with Crippen LogP contribution in [0.3, 0.4) is 0 Å². The Bertz CT molecular complexity index is 445. The Hall–Kier alpha value is -1.34. The number of pyridine rings is 1. The van der Waals surface area contributed by atoms with Crippen molar-refractivity contribution in [3.8, 4) is 0 Å². The van der Waals surface area contributed by atoms with Crippen molar-refractivity contribution in [2.45, 2.75) is 0 Å². The lowest BCUT2D eigenvalue weighted by Gasteiger charge is -2.11. The monoisotopic (exact) mass is 244 g/mol. The molecule has 6 nitrogen and oxygen atoms in total. The van der Waals surface area contributed by atoms with Gasteiger partial charge in [0.15, 0.2) is 0 Å². The number of anilines is 2. The molecular weight excluding hydrogens is 228 g/mol. The number of aromatic nitrogens is 1. The highest BCUT2D eigenvalue weighted by Gasteiger charge is 2.12. The Morgan fingerprint density at radius 3 is 2.75 bits per heavy atom. The molecule has 0 amide bonds. The van der Waals surface area contributed by atoms with Crippen LogP contribution in [0, 0.1) is 0 Å². The van der Waals surface area contributed by atoms with E-state index in [1.807, 2.05) is 0 Å². The highest BCUT2D eigenvalue weighted by atomic mass is 32.2. The van der Waals surface area contributed by atoms with Crippen molar-refractivity contribution in [3.63, 3.8) is 0 Å². The molecule has 0 radical (unpaired) electrons. The van der Waals surface area contributed by atoms with Gasteiger partial charge in [0.05, 0.1) is 5.75 Å². The minimum atomic E-state index is -3.17. The maximum Gasteiger partial charge on any atom is 0.215 e. The molecule has 0 unspecified atom stereocenters. The minimum Gasteiger partial charge on any atom is -0.399 e. The predicted molar refractivity (Wildman–Crippen MR) is 64.6 cm³/mol. The summed E-state index contributed by atoms with van der Waals surface area (Å²) in [5, 5.41) is 2.90. The lowest BCUT2D eigenvalue weighted by atomic mass is 10.4. The number of hydrogen-bond donors (Lipinski definition) is 2. The van der Waals surface area contributed by atoms with E-state index in [0.717, 1.165) is 0 Å². The summed E-state index contributed by atoms with van der Waals surface area (Å²) in [5.74, 6) is 0.602. The van der Waals surface area contributed by atoms with E-state index in [9.17, 15) is 8.42 Å². The van der Waals surface area contributed by atoms with E-state index in [-0.39, 0.29) is 5.75 Å². The van der Waals surface area contributed by atoms with Gasteiger partial charge in [-0.25, -0.2) is 17.7 Å². The first kappa shape index (κ1) is 12.7. The zero-order chi connectivity index (χ0) is 12.2. The molecule has 0 saturated carbocycles. The van der Waals surface area contributed by atoms with Crippen LogP contribution in [0.5, 0.6) is 0 Å². The number of nitrogens with zero attached hydrogens (tertiary/aromatic N) is 2. The lowest BCUT2D eigenvalue weighted by molar-refractivity contribution is 0.521. The molecule has 0 aromatic carbocycles. The maximum atomic E-state index is 11.4. The van der Waals surface area contributed by atoms with Gasteiger partial charge in [0.25, 0.3) is 0 Å². The quantitative estimate of drug-likeness (QED) is 0.759. The van der Waals surface area contributed by atoms with Gasteiger partial charge in [0, 0.05) is 38.6 Å². The van der Waals surface area contributed by atoms with Gasteiger partial charge in [-0.05, 0) is 6.07 Å². The highest BCUT2D eigenvalue weighted by Crippen LogP contribution is 2.07. The summed E-state index contributed by atoms with van der Waals surface area (Å²) < 4.78 is 24.1. The van der Waals surface area contributed by atoms with Crippen molar-refractivity contribution < 1.29 is 8.42 Å². The van der Waals surface area contributed by atoms with Gasteiger partial charge < -0.3 is 11.1 Å². The molecule has 1 aromatic heterocycles. The van der Waals surface area contributed by atoms with Crippen molar-refractivity contribution in [2.75, 3.05) is 37.4 Å². The average Bonchev–Trinajstić information content (AvgIpc) is 2.17. The molecule has 0 aliphatic heterocycles. The molecule has 7 heteroatoms. The van der Waals surface area contributed by atoms with E-state index in [0.29, 0.717) is 18.1 Å². The third kappa shape index (κ3) is 3.67. The fourth-order valence-corrected chi connectivity index (χ4v) is 1.76. The second-order valence-corrected chi connectivity index (χ2v) is 5.80. The zero-order valence-electron chi connectivity index (χ0n) is 9.34. The maximum absolute atomic E-state index is 11.4. The summed E-state index contributed by atoms with van der Waals surface area (Å²) in [7, 11) is -0.151. The largest absolute Gasteiger partial charge is 0.399 e. The van der Waals surface area contributed by atoms with Gasteiger partial charge in [-0.15, -0.1) is 0 Å². The average molecular weight is 244 g/mol. The Kier molecular flexibility index (Phi) is 4.08. The van der Waals surface area contributed by atoms with E-state index < -0.39 is 10.0 Å². The van der Waals surface area contributed by atoms with E-state index in [4.69, 9.17) is 5.73 Å². The van der Waals surface area contributed by atoms with Gasteiger partial charge in [-0.2, -0.15) is 0 Å². The fraction of sp³-hybridized carbons (Fsp3) is 0.444. The third-order valence-corrected chi connectivity index (χ3v) is 3.84. The van der Waals surface area contributed by atoms with Gasteiger partial charge in [-0.3, -0.25) is 0 Å². The van der Waals surface area contributed by atoms with Gasteiger partial charge in [0.1, 0.15) is 5.82 Å².